The molecule has 8 nitrogen and oxygen atoms in total. The van der Waals surface area contributed by atoms with E-state index in [9.17, 15) is 9.90 Å². The Morgan fingerprint density at radius 2 is 2.30 bits per heavy atom. The third-order valence-electron chi connectivity index (χ3n) is 2.74. The average molecular weight is 279 g/mol. The maximum absolute atomic E-state index is 11.6. The maximum atomic E-state index is 11.6. The molecule has 1 aliphatic rings. The van der Waals surface area contributed by atoms with Crippen molar-refractivity contribution in [1.29, 1.82) is 0 Å². The van der Waals surface area contributed by atoms with Gasteiger partial charge in [0.1, 0.15) is 0 Å². The number of benzene rings is 1. The van der Waals surface area contributed by atoms with Gasteiger partial charge < -0.3 is 19.3 Å². The van der Waals surface area contributed by atoms with Gasteiger partial charge in [-0.05, 0) is 30.2 Å². The minimum Gasteiger partial charge on any atom is -0.464 e. The van der Waals surface area contributed by atoms with Crippen molar-refractivity contribution in [3.8, 4) is 11.5 Å². The molecule has 1 aliphatic heterocycles. The fourth-order valence-electron chi connectivity index (χ4n) is 1.82. The van der Waals surface area contributed by atoms with Crippen LogP contribution in [-0.4, -0.2) is 30.6 Å². The molecule has 0 bridgehead atoms. The number of fused-ring (bicyclic) bond motifs is 1. The van der Waals surface area contributed by atoms with Crippen LogP contribution in [-0.2, 0) is 9.53 Å². The lowest BCUT2D eigenvalue weighted by Crippen LogP contribution is -2.28. The highest BCUT2D eigenvalue weighted by molar-refractivity contribution is 5.75. The zero-order valence-corrected chi connectivity index (χ0v) is 10.7. The SMILES string of the molecule is CCOC(=O)[C@H](O)[C@H](N=[N+]=[N-])c1ccc2c(c1)OCO2. The van der Waals surface area contributed by atoms with Crippen molar-refractivity contribution in [3.05, 3.63) is 34.2 Å². The molecule has 0 fully saturated rings. The predicted molar refractivity (Wildman–Crippen MR) is 67.1 cm³/mol. The van der Waals surface area contributed by atoms with Crippen LogP contribution in [0.25, 0.3) is 10.4 Å². The largest absolute Gasteiger partial charge is 0.464 e. The fraction of sp³-hybridized carbons (Fsp3) is 0.417. The van der Waals surface area contributed by atoms with E-state index >= 15 is 0 Å². The van der Waals surface area contributed by atoms with Gasteiger partial charge in [-0.1, -0.05) is 11.2 Å². The lowest BCUT2D eigenvalue weighted by molar-refractivity contribution is -0.154. The molecule has 1 aromatic rings. The molecule has 0 unspecified atom stereocenters. The summed E-state index contributed by atoms with van der Waals surface area (Å²) in [6.45, 7) is 1.85. The highest BCUT2D eigenvalue weighted by Crippen LogP contribution is 2.36. The summed E-state index contributed by atoms with van der Waals surface area (Å²) in [4.78, 5) is 14.2. The molecular weight excluding hydrogens is 266 g/mol. The van der Waals surface area contributed by atoms with E-state index in [-0.39, 0.29) is 13.4 Å². The number of hydrogen-bond donors (Lipinski definition) is 1. The molecule has 0 aromatic heterocycles. The number of rotatable bonds is 5. The van der Waals surface area contributed by atoms with Gasteiger partial charge in [-0.3, -0.25) is 0 Å². The first-order valence-corrected chi connectivity index (χ1v) is 5.95. The van der Waals surface area contributed by atoms with Crippen LogP contribution in [0, 0.1) is 0 Å². The van der Waals surface area contributed by atoms with E-state index in [1.165, 1.54) is 0 Å². The van der Waals surface area contributed by atoms with E-state index in [4.69, 9.17) is 19.7 Å². The first-order valence-electron chi connectivity index (χ1n) is 5.95. The van der Waals surface area contributed by atoms with Gasteiger partial charge in [-0.25, -0.2) is 4.79 Å². The first kappa shape index (κ1) is 14.0. The number of ether oxygens (including phenoxy) is 3. The Hall–Kier alpha value is -2.44. The standard InChI is InChI=1S/C12H13N3O5/c1-2-18-12(17)11(16)10(14-15-13)7-3-4-8-9(5-7)20-6-19-8/h3-5,10-11,16H,2,6H2,1H3/t10-,11-/m1/s1. The van der Waals surface area contributed by atoms with Crippen LogP contribution >= 0.6 is 0 Å². The Labute approximate surface area is 114 Å². The summed E-state index contributed by atoms with van der Waals surface area (Å²) in [5.74, 6) is 0.179. The van der Waals surface area contributed by atoms with Crippen LogP contribution in [0.3, 0.4) is 0 Å². The van der Waals surface area contributed by atoms with E-state index in [2.05, 4.69) is 10.0 Å². The van der Waals surface area contributed by atoms with Crippen LogP contribution in [0.4, 0.5) is 0 Å². The predicted octanol–water partition coefficient (Wildman–Crippen LogP) is 1.69. The Bertz CT molecular complexity index is 556. The summed E-state index contributed by atoms with van der Waals surface area (Å²) < 4.78 is 15.1. The summed E-state index contributed by atoms with van der Waals surface area (Å²) in [5.41, 5.74) is 9.03. The van der Waals surface area contributed by atoms with Gasteiger partial charge in [0.15, 0.2) is 17.6 Å². The van der Waals surface area contributed by atoms with Crippen LogP contribution in [0.1, 0.15) is 18.5 Å². The van der Waals surface area contributed by atoms with E-state index < -0.39 is 18.1 Å². The highest BCUT2D eigenvalue weighted by Gasteiger charge is 2.29. The summed E-state index contributed by atoms with van der Waals surface area (Å²) >= 11 is 0. The molecule has 0 spiro atoms. The van der Waals surface area contributed by atoms with Gasteiger partial charge in [0.05, 0.1) is 12.6 Å². The molecule has 1 N–H and O–H groups in total. The van der Waals surface area contributed by atoms with E-state index in [1.54, 1.807) is 25.1 Å². The van der Waals surface area contributed by atoms with Crippen LogP contribution in [0.5, 0.6) is 11.5 Å². The van der Waals surface area contributed by atoms with Gasteiger partial charge >= 0.3 is 5.97 Å². The zero-order valence-electron chi connectivity index (χ0n) is 10.7. The number of aliphatic hydroxyl groups is 1. The summed E-state index contributed by atoms with van der Waals surface area (Å²) in [7, 11) is 0. The minimum atomic E-state index is -1.58. The van der Waals surface area contributed by atoms with Crippen molar-refractivity contribution in [2.75, 3.05) is 13.4 Å². The van der Waals surface area contributed by atoms with Gasteiger partial charge in [0.25, 0.3) is 0 Å². The van der Waals surface area contributed by atoms with Crippen LogP contribution in [0.15, 0.2) is 23.3 Å². The Morgan fingerprint density at radius 1 is 1.55 bits per heavy atom. The maximum Gasteiger partial charge on any atom is 0.335 e. The molecule has 1 heterocycles. The second kappa shape index (κ2) is 6.14. The molecule has 0 radical (unpaired) electrons. The highest BCUT2D eigenvalue weighted by atomic mass is 16.7. The molecule has 106 valence electrons. The molecule has 2 atom stereocenters. The molecule has 0 saturated heterocycles. The fourth-order valence-corrected chi connectivity index (χ4v) is 1.82. The van der Waals surface area contributed by atoms with Crippen molar-refractivity contribution in [1.82, 2.24) is 0 Å². The topological polar surface area (TPSA) is 114 Å². The van der Waals surface area contributed by atoms with Crippen LogP contribution in [0.2, 0.25) is 0 Å². The monoisotopic (exact) mass is 279 g/mol. The van der Waals surface area contributed by atoms with Gasteiger partial charge in [-0.15, -0.1) is 0 Å². The molecule has 0 aliphatic carbocycles. The molecule has 20 heavy (non-hydrogen) atoms. The lowest BCUT2D eigenvalue weighted by atomic mass is 10.0. The molecule has 0 amide bonds. The van der Waals surface area contributed by atoms with Crippen molar-refractivity contribution < 1.29 is 24.1 Å². The molecule has 8 heteroatoms. The quantitative estimate of drug-likeness (QED) is 0.381. The lowest BCUT2D eigenvalue weighted by Gasteiger charge is -2.17. The van der Waals surface area contributed by atoms with Crippen molar-refractivity contribution in [2.24, 2.45) is 5.11 Å². The molecule has 2 rings (SSSR count). The van der Waals surface area contributed by atoms with Crippen LogP contribution < -0.4 is 9.47 Å². The van der Waals surface area contributed by atoms with Gasteiger partial charge in [0.2, 0.25) is 6.79 Å². The van der Waals surface area contributed by atoms with Gasteiger partial charge in [0, 0.05) is 4.91 Å². The summed E-state index contributed by atoms with van der Waals surface area (Å²) in [5, 5.41) is 13.4. The minimum absolute atomic E-state index is 0.103. The average Bonchev–Trinajstić information content (AvgIpc) is 2.91. The number of esters is 1. The number of aliphatic hydroxyl groups excluding tert-OH is 1. The Morgan fingerprint density at radius 3 is 3.00 bits per heavy atom. The first-order chi connectivity index (χ1) is 9.67. The van der Waals surface area contributed by atoms with E-state index in [1.807, 2.05) is 0 Å². The molecule has 0 saturated carbocycles. The molecule has 1 aromatic carbocycles. The third kappa shape index (κ3) is 2.76. The summed E-state index contributed by atoms with van der Waals surface area (Å²) in [6.07, 6.45) is -1.58. The smallest absolute Gasteiger partial charge is 0.335 e. The number of nitrogens with zero attached hydrogens (tertiary/aromatic N) is 3. The number of carbonyl (C=O) groups excluding carboxylic acids is 1. The summed E-state index contributed by atoms with van der Waals surface area (Å²) in [6, 6.07) is 3.68. The van der Waals surface area contributed by atoms with Crippen molar-refractivity contribution >= 4 is 5.97 Å². The number of azide groups is 1. The van der Waals surface area contributed by atoms with E-state index in [0.717, 1.165) is 0 Å². The van der Waals surface area contributed by atoms with Gasteiger partial charge in [-0.2, -0.15) is 0 Å². The third-order valence-corrected chi connectivity index (χ3v) is 2.74. The Kier molecular flexibility index (Phi) is 4.29. The number of carbonyl (C=O) groups is 1. The molecular formula is C12H13N3O5. The number of hydrogen-bond acceptors (Lipinski definition) is 6. The van der Waals surface area contributed by atoms with E-state index in [0.29, 0.717) is 17.1 Å². The van der Waals surface area contributed by atoms with Crippen molar-refractivity contribution in [3.63, 3.8) is 0 Å². The second-order valence-corrected chi connectivity index (χ2v) is 3.96. The normalized spacial score (nSPS) is 15.1. The zero-order chi connectivity index (χ0) is 14.5. The second-order valence-electron chi connectivity index (χ2n) is 3.96. The Balaban J connectivity index is 2.28. The van der Waals surface area contributed by atoms with Crippen molar-refractivity contribution in [2.45, 2.75) is 19.1 Å².